The topological polar surface area (TPSA) is 70.6 Å². The van der Waals surface area contributed by atoms with Crippen LogP contribution in [-0.4, -0.2) is 17.1 Å². The number of hydrogen-bond acceptors (Lipinski definition) is 3. The summed E-state index contributed by atoms with van der Waals surface area (Å²) in [5.41, 5.74) is 4.98. The van der Waals surface area contributed by atoms with E-state index in [0.29, 0.717) is 16.6 Å². The van der Waals surface area contributed by atoms with Crippen molar-refractivity contribution in [3.05, 3.63) is 28.2 Å². The van der Waals surface area contributed by atoms with E-state index in [0.717, 1.165) is 12.1 Å². The maximum Gasteiger partial charge on any atom is 0.416 e. The number of nitrogens with two attached hydrogens (primary N) is 1. The lowest BCUT2D eigenvalue weighted by molar-refractivity contribution is -0.137. The second kappa shape index (κ2) is 6.83. The Morgan fingerprint density at radius 2 is 2.10 bits per heavy atom. The highest BCUT2D eigenvalue weighted by Gasteiger charge is 2.31. The van der Waals surface area contributed by atoms with Crippen LogP contribution in [0.4, 0.5) is 18.9 Å². The van der Waals surface area contributed by atoms with Gasteiger partial charge < -0.3 is 16.3 Å². The van der Waals surface area contributed by atoms with E-state index in [-0.39, 0.29) is 18.3 Å². The number of amidine groups is 1. The number of halogens is 4. The molecule has 20 heavy (non-hydrogen) atoms. The molecule has 1 aromatic carbocycles. The summed E-state index contributed by atoms with van der Waals surface area (Å²) in [5.74, 6) is 0.0235. The number of anilines is 1. The summed E-state index contributed by atoms with van der Waals surface area (Å²) in [6.45, 7) is 1.85. The molecule has 0 saturated carbocycles. The van der Waals surface area contributed by atoms with E-state index < -0.39 is 11.7 Å². The molecule has 0 fully saturated rings. The molecule has 8 heteroatoms. The lowest BCUT2D eigenvalue weighted by atomic mass is 10.1. The molecule has 4 N–H and O–H groups in total. The van der Waals surface area contributed by atoms with Crippen LogP contribution in [-0.2, 0) is 6.18 Å². The van der Waals surface area contributed by atoms with Gasteiger partial charge in [-0.1, -0.05) is 28.0 Å². The van der Waals surface area contributed by atoms with Crippen molar-refractivity contribution in [2.45, 2.75) is 32.0 Å². The van der Waals surface area contributed by atoms with Gasteiger partial charge in [-0.2, -0.15) is 13.2 Å². The molecule has 0 heterocycles. The molecular weight excluding hydrogens is 339 g/mol. The van der Waals surface area contributed by atoms with Crippen LogP contribution in [0.5, 0.6) is 0 Å². The molecule has 112 valence electrons. The van der Waals surface area contributed by atoms with Crippen molar-refractivity contribution in [3.63, 3.8) is 0 Å². The Kier molecular flexibility index (Phi) is 5.67. The van der Waals surface area contributed by atoms with Crippen molar-refractivity contribution in [1.82, 2.24) is 0 Å². The number of benzene rings is 1. The molecule has 1 aromatic rings. The summed E-state index contributed by atoms with van der Waals surface area (Å²) in [6, 6.07) is 3.36. The van der Waals surface area contributed by atoms with Crippen molar-refractivity contribution in [1.29, 1.82) is 0 Å². The smallest absolute Gasteiger partial charge is 0.409 e. The Balaban J connectivity index is 2.93. The normalized spacial score (nSPS) is 14.2. The molecule has 0 aliphatic rings. The minimum atomic E-state index is -4.41. The Labute approximate surface area is 123 Å². The Bertz CT molecular complexity index is 491. The molecule has 1 unspecified atom stereocenters. The molecule has 0 aliphatic heterocycles. The summed E-state index contributed by atoms with van der Waals surface area (Å²) in [4.78, 5) is 0. The summed E-state index contributed by atoms with van der Waals surface area (Å²) < 4.78 is 38.5. The first-order valence-electron chi connectivity index (χ1n) is 5.87. The molecule has 4 nitrogen and oxygen atoms in total. The van der Waals surface area contributed by atoms with E-state index in [1.54, 1.807) is 6.07 Å². The average Bonchev–Trinajstić information content (AvgIpc) is 2.36. The summed E-state index contributed by atoms with van der Waals surface area (Å²) >= 11 is 3.05. The standard InChI is InChI=1S/C12H15BrF3N3O/c1-2-9(6-11(17)19-20)18-10-4-7(12(14,15)16)3-8(13)5-10/h3-5,9,18,20H,2,6H2,1H3,(H2,17,19). The molecule has 1 rings (SSSR count). The second-order valence-electron chi connectivity index (χ2n) is 4.27. The van der Waals surface area contributed by atoms with Gasteiger partial charge in [0.1, 0.15) is 5.84 Å². The first kappa shape index (κ1) is 16.6. The lowest BCUT2D eigenvalue weighted by Crippen LogP contribution is -2.26. The monoisotopic (exact) mass is 353 g/mol. The zero-order chi connectivity index (χ0) is 15.3. The Morgan fingerprint density at radius 1 is 1.45 bits per heavy atom. The fourth-order valence-electron chi connectivity index (χ4n) is 1.66. The number of hydrogen-bond donors (Lipinski definition) is 3. The van der Waals surface area contributed by atoms with E-state index in [1.807, 2.05) is 6.92 Å². The van der Waals surface area contributed by atoms with Gasteiger partial charge in [0.25, 0.3) is 0 Å². The highest BCUT2D eigenvalue weighted by molar-refractivity contribution is 9.10. The van der Waals surface area contributed by atoms with Crippen LogP contribution >= 0.6 is 15.9 Å². The molecule has 0 aromatic heterocycles. The molecule has 0 aliphatic carbocycles. The van der Waals surface area contributed by atoms with Crippen LogP contribution in [0.1, 0.15) is 25.3 Å². The summed E-state index contributed by atoms with van der Waals surface area (Å²) in [7, 11) is 0. The van der Waals surface area contributed by atoms with Crippen molar-refractivity contribution >= 4 is 27.5 Å². The van der Waals surface area contributed by atoms with Gasteiger partial charge in [-0.3, -0.25) is 0 Å². The van der Waals surface area contributed by atoms with Gasteiger partial charge >= 0.3 is 6.18 Å². The van der Waals surface area contributed by atoms with Gasteiger partial charge in [-0.05, 0) is 24.6 Å². The number of rotatable bonds is 5. The van der Waals surface area contributed by atoms with E-state index in [9.17, 15) is 13.2 Å². The third-order valence-electron chi connectivity index (χ3n) is 2.67. The average molecular weight is 354 g/mol. The van der Waals surface area contributed by atoms with Crippen LogP contribution in [0.3, 0.4) is 0 Å². The van der Waals surface area contributed by atoms with Crippen molar-refractivity contribution in [3.8, 4) is 0 Å². The van der Waals surface area contributed by atoms with Crippen LogP contribution in [0, 0.1) is 0 Å². The Hall–Kier alpha value is -1.44. The van der Waals surface area contributed by atoms with Crippen LogP contribution in [0.25, 0.3) is 0 Å². The predicted octanol–water partition coefficient (Wildman–Crippen LogP) is 3.79. The largest absolute Gasteiger partial charge is 0.416 e. The third kappa shape index (κ3) is 4.92. The maximum absolute atomic E-state index is 12.7. The van der Waals surface area contributed by atoms with Crippen molar-refractivity contribution in [2.24, 2.45) is 10.9 Å². The number of oxime groups is 1. The van der Waals surface area contributed by atoms with Crippen LogP contribution < -0.4 is 11.1 Å². The van der Waals surface area contributed by atoms with E-state index >= 15 is 0 Å². The third-order valence-corrected chi connectivity index (χ3v) is 3.13. The fourth-order valence-corrected chi connectivity index (χ4v) is 2.16. The lowest BCUT2D eigenvalue weighted by Gasteiger charge is -2.19. The summed E-state index contributed by atoms with van der Waals surface area (Å²) in [6.07, 6.45) is -3.56. The molecule has 0 radical (unpaired) electrons. The molecule has 0 saturated heterocycles. The SMILES string of the molecule is CCC(CC(N)=NO)Nc1cc(Br)cc(C(F)(F)F)c1. The van der Waals surface area contributed by atoms with E-state index in [2.05, 4.69) is 26.4 Å². The Morgan fingerprint density at radius 3 is 2.60 bits per heavy atom. The van der Waals surface area contributed by atoms with E-state index in [1.165, 1.54) is 0 Å². The molecule has 0 bridgehead atoms. The zero-order valence-corrected chi connectivity index (χ0v) is 12.3. The highest BCUT2D eigenvalue weighted by atomic mass is 79.9. The first-order chi connectivity index (χ1) is 9.26. The fraction of sp³-hybridized carbons (Fsp3) is 0.417. The maximum atomic E-state index is 12.7. The second-order valence-corrected chi connectivity index (χ2v) is 5.19. The molecule has 0 amide bonds. The number of alkyl halides is 3. The molecule has 0 spiro atoms. The molecule has 1 atom stereocenters. The van der Waals surface area contributed by atoms with Crippen molar-refractivity contribution in [2.75, 3.05) is 5.32 Å². The number of nitrogens with zero attached hydrogens (tertiary/aromatic N) is 1. The van der Waals surface area contributed by atoms with Gasteiger partial charge in [-0.25, -0.2) is 0 Å². The van der Waals surface area contributed by atoms with Gasteiger partial charge in [0.2, 0.25) is 0 Å². The summed E-state index contributed by atoms with van der Waals surface area (Å²) in [5, 5.41) is 14.3. The highest BCUT2D eigenvalue weighted by Crippen LogP contribution is 2.33. The number of nitrogens with one attached hydrogen (secondary N) is 1. The minimum Gasteiger partial charge on any atom is -0.409 e. The van der Waals surface area contributed by atoms with Crippen LogP contribution in [0.15, 0.2) is 27.8 Å². The zero-order valence-electron chi connectivity index (χ0n) is 10.7. The van der Waals surface area contributed by atoms with Crippen molar-refractivity contribution < 1.29 is 18.4 Å². The molecular formula is C12H15BrF3N3O. The van der Waals surface area contributed by atoms with Gasteiger partial charge in [0, 0.05) is 22.6 Å². The van der Waals surface area contributed by atoms with Gasteiger partial charge in [0.15, 0.2) is 0 Å². The van der Waals surface area contributed by atoms with Gasteiger partial charge in [0.05, 0.1) is 5.56 Å². The predicted molar refractivity (Wildman–Crippen MR) is 74.9 cm³/mol. The van der Waals surface area contributed by atoms with Crippen LogP contribution in [0.2, 0.25) is 0 Å². The minimum absolute atomic E-state index is 0.0235. The first-order valence-corrected chi connectivity index (χ1v) is 6.66. The van der Waals surface area contributed by atoms with E-state index in [4.69, 9.17) is 10.9 Å². The van der Waals surface area contributed by atoms with Gasteiger partial charge in [-0.15, -0.1) is 0 Å². The quantitative estimate of drug-likeness (QED) is 0.326.